The summed E-state index contributed by atoms with van der Waals surface area (Å²) in [5.41, 5.74) is 7.20. The van der Waals surface area contributed by atoms with Crippen molar-refractivity contribution in [2.75, 3.05) is 5.75 Å². The minimum absolute atomic E-state index is 0.113. The number of rotatable bonds is 5. The molecule has 0 amide bonds. The van der Waals surface area contributed by atoms with Gasteiger partial charge in [0, 0.05) is 15.5 Å². The maximum Gasteiger partial charge on any atom is 0.0802 e. The molecule has 2 aromatic rings. The minimum atomic E-state index is 0.113. The molecule has 21 heavy (non-hydrogen) atoms. The number of nitrogens with two attached hydrogens (primary N) is 1. The van der Waals surface area contributed by atoms with Gasteiger partial charge in [0.2, 0.25) is 0 Å². The third-order valence-corrected chi connectivity index (χ3v) is 6.23. The van der Waals surface area contributed by atoms with Crippen LogP contribution >= 0.6 is 23.1 Å². The van der Waals surface area contributed by atoms with Gasteiger partial charge in [-0.15, -0.1) is 11.3 Å². The Morgan fingerprint density at radius 1 is 1.33 bits per heavy atom. The van der Waals surface area contributed by atoms with Gasteiger partial charge in [0.1, 0.15) is 0 Å². The van der Waals surface area contributed by atoms with E-state index in [0.29, 0.717) is 0 Å². The SMILES string of the molecule is CCCc1cccc(C(NN)c2cc3c(s2)CCSC3)c1. The predicted octanol–water partition coefficient (Wildman–Crippen LogP) is 4.04. The van der Waals surface area contributed by atoms with Crippen molar-refractivity contribution >= 4 is 23.1 Å². The Balaban J connectivity index is 1.90. The second-order valence-electron chi connectivity index (χ2n) is 5.49. The van der Waals surface area contributed by atoms with Crippen LogP contribution in [0.1, 0.15) is 45.8 Å². The lowest BCUT2D eigenvalue weighted by Crippen LogP contribution is -2.28. The molecule has 0 radical (unpaired) electrons. The first-order valence-electron chi connectivity index (χ1n) is 7.56. The fourth-order valence-corrected chi connectivity index (χ4v) is 5.34. The molecule has 0 fully saturated rings. The Morgan fingerprint density at radius 2 is 2.24 bits per heavy atom. The van der Waals surface area contributed by atoms with E-state index in [2.05, 4.69) is 42.7 Å². The zero-order chi connectivity index (χ0) is 14.7. The van der Waals surface area contributed by atoms with Crippen LogP contribution in [0.15, 0.2) is 30.3 Å². The van der Waals surface area contributed by atoms with Crippen LogP contribution in [0.25, 0.3) is 0 Å². The van der Waals surface area contributed by atoms with Gasteiger partial charge in [-0.3, -0.25) is 5.84 Å². The van der Waals surface area contributed by atoms with E-state index in [4.69, 9.17) is 5.84 Å². The first kappa shape index (κ1) is 15.1. The summed E-state index contributed by atoms with van der Waals surface area (Å²) in [5, 5.41) is 0. The van der Waals surface area contributed by atoms with Crippen molar-refractivity contribution in [3.8, 4) is 0 Å². The lowest BCUT2D eigenvalue weighted by Gasteiger charge is -2.15. The summed E-state index contributed by atoms with van der Waals surface area (Å²) in [4.78, 5) is 2.90. The molecule has 3 N–H and O–H groups in total. The molecule has 0 aliphatic carbocycles. The number of fused-ring (bicyclic) bond motifs is 1. The van der Waals surface area contributed by atoms with Gasteiger partial charge in [-0.2, -0.15) is 11.8 Å². The van der Waals surface area contributed by atoms with Crippen molar-refractivity contribution in [3.05, 3.63) is 56.8 Å². The fourth-order valence-electron chi connectivity index (χ4n) is 2.87. The van der Waals surface area contributed by atoms with E-state index < -0.39 is 0 Å². The van der Waals surface area contributed by atoms with Crippen LogP contribution in [0.4, 0.5) is 0 Å². The van der Waals surface area contributed by atoms with Crippen LogP contribution in [0.3, 0.4) is 0 Å². The van der Waals surface area contributed by atoms with Gasteiger partial charge in [0.25, 0.3) is 0 Å². The van der Waals surface area contributed by atoms with Crippen LogP contribution in [0.2, 0.25) is 0 Å². The third kappa shape index (κ3) is 3.34. The summed E-state index contributed by atoms with van der Waals surface area (Å²) in [6.45, 7) is 2.22. The molecule has 2 heterocycles. The molecule has 1 aromatic heterocycles. The highest BCUT2D eigenvalue weighted by Crippen LogP contribution is 2.36. The van der Waals surface area contributed by atoms with Gasteiger partial charge in [-0.25, -0.2) is 5.43 Å². The minimum Gasteiger partial charge on any atom is -0.271 e. The second kappa shape index (κ2) is 6.97. The van der Waals surface area contributed by atoms with E-state index in [9.17, 15) is 0 Å². The zero-order valence-electron chi connectivity index (χ0n) is 12.4. The Hall–Kier alpha value is -0.810. The van der Waals surface area contributed by atoms with Gasteiger partial charge in [0.15, 0.2) is 0 Å². The summed E-state index contributed by atoms with van der Waals surface area (Å²) < 4.78 is 0. The second-order valence-corrected chi connectivity index (χ2v) is 7.77. The topological polar surface area (TPSA) is 38.0 Å². The predicted molar refractivity (Wildman–Crippen MR) is 93.8 cm³/mol. The highest BCUT2D eigenvalue weighted by Gasteiger charge is 2.20. The van der Waals surface area contributed by atoms with Crippen LogP contribution < -0.4 is 11.3 Å². The van der Waals surface area contributed by atoms with E-state index in [1.54, 1.807) is 4.88 Å². The van der Waals surface area contributed by atoms with Crippen molar-refractivity contribution in [1.29, 1.82) is 0 Å². The first-order valence-corrected chi connectivity index (χ1v) is 9.53. The van der Waals surface area contributed by atoms with Gasteiger partial charge in [0.05, 0.1) is 6.04 Å². The molecule has 2 nitrogen and oxygen atoms in total. The van der Waals surface area contributed by atoms with Gasteiger partial charge >= 0.3 is 0 Å². The smallest absolute Gasteiger partial charge is 0.0802 e. The molecule has 1 unspecified atom stereocenters. The lowest BCUT2D eigenvalue weighted by molar-refractivity contribution is 0.645. The fraction of sp³-hybridized carbons (Fsp3) is 0.412. The number of hydrazine groups is 1. The number of nitrogens with one attached hydrogen (secondary N) is 1. The molecular weight excluding hydrogens is 296 g/mol. The number of thiophene rings is 1. The highest BCUT2D eigenvalue weighted by atomic mass is 32.2. The number of aryl methyl sites for hydroxylation is 2. The number of hydrogen-bond acceptors (Lipinski definition) is 4. The average molecular weight is 319 g/mol. The van der Waals surface area contributed by atoms with Gasteiger partial charge in [-0.05, 0) is 41.4 Å². The molecule has 3 rings (SSSR count). The molecule has 1 atom stereocenters. The summed E-state index contributed by atoms with van der Waals surface area (Å²) in [7, 11) is 0. The van der Waals surface area contributed by atoms with Crippen LogP contribution in [-0.2, 0) is 18.6 Å². The maximum absolute atomic E-state index is 5.87. The number of hydrogen-bond donors (Lipinski definition) is 2. The molecule has 0 bridgehead atoms. The largest absolute Gasteiger partial charge is 0.271 e. The van der Waals surface area contributed by atoms with E-state index in [1.807, 2.05) is 23.1 Å². The maximum atomic E-state index is 5.87. The molecule has 1 aromatic carbocycles. The monoisotopic (exact) mass is 318 g/mol. The van der Waals surface area contributed by atoms with Gasteiger partial charge in [-0.1, -0.05) is 37.6 Å². The molecular formula is C17H22N2S2. The van der Waals surface area contributed by atoms with Crippen molar-refractivity contribution in [2.45, 2.75) is 38.0 Å². The summed E-state index contributed by atoms with van der Waals surface area (Å²) in [5.74, 6) is 8.27. The molecule has 1 aliphatic heterocycles. The average Bonchev–Trinajstić information content (AvgIpc) is 2.92. The van der Waals surface area contributed by atoms with E-state index in [1.165, 1.54) is 40.2 Å². The normalized spacial score (nSPS) is 15.7. The van der Waals surface area contributed by atoms with Crippen molar-refractivity contribution < 1.29 is 0 Å². The molecule has 0 spiro atoms. The van der Waals surface area contributed by atoms with E-state index in [0.717, 1.165) is 12.2 Å². The number of benzene rings is 1. The standard InChI is InChI=1S/C17H22N2S2/c1-2-4-12-5-3-6-13(9-12)17(19-18)16-10-14-11-20-8-7-15(14)21-16/h3,5-6,9-10,17,19H,2,4,7-8,11,18H2,1H3. The van der Waals surface area contributed by atoms with Crippen LogP contribution in [0.5, 0.6) is 0 Å². The molecule has 0 saturated heterocycles. The first-order chi connectivity index (χ1) is 10.3. The molecule has 112 valence electrons. The molecule has 0 saturated carbocycles. The summed E-state index contributed by atoms with van der Waals surface area (Å²) in [6.07, 6.45) is 3.51. The van der Waals surface area contributed by atoms with Crippen LogP contribution in [0, 0.1) is 0 Å². The quantitative estimate of drug-likeness (QED) is 0.645. The Bertz CT molecular complexity index is 583. The van der Waals surface area contributed by atoms with Crippen molar-refractivity contribution in [2.24, 2.45) is 5.84 Å². The Kier molecular flexibility index (Phi) is 5.01. The summed E-state index contributed by atoms with van der Waals surface area (Å²) in [6, 6.07) is 11.3. The Labute approximate surface area is 135 Å². The van der Waals surface area contributed by atoms with Crippen molar-refractivity contribution in [3.63, 3.8) is 0 Å². The Morgan fingerprint density at radius 3 is 3.00 bits per heavy atom. The lowest BCUT2D eigenvalue weighted by atomic mass is 10.0. The van der Waals surface area contributed by atoms with Gasteiger partial charge < -0.3 is 0 Å². The van der Waals surface area contributed by atoms with E-state index >= 15 is 0 Å². The van der Waals surface area contributed by atoms with Crippen LogP contribution in [-0.4, -0.2) is 5.75 Å². The number of thioether (sulfide) groups is 1. The van der Waals surface area contributed by atoms with Crippen molar-refractivity contribution in [1.82, 2.24) is 5.43 Å². The highest BCUT2D eigenvalue weighted by molar-refractivity contribution is 7.98. The molecule has 1 aliphatic rings. The summed E-state index contributed by atoms with van der Waals surface area (Å²) >= 11 is 3.96. The molecule has 4 heteroatoms. The zero-order valence-corrected chi connectivity index (χ0v) is 14.0. The van der Waals surface area contributed by atoms with E-state index in [-0.39, 0.29) is 6.04 Å². The third-order valence-electron chi connectivity index (χ3n) is 3.92.